The zero-order valence-corrected chi connectivity index (χ0v) is 11.8. The second-order valence-electron chi connectivity index (χ2n) is 4.33. The number of nitrogens with one attached hydrogen (secondary N) is 2. The fourth-order valence-electron chi connectivity index (χ4n) is 1.43. The first-order valence-electron chi connectivity index (χ1n) is 6.16. The number of alkyl halides is 3. The van der Waals surface area contributed by atoms with E-state index in [2.05, 4.69) is 0 Å². The van der Waals surface area contributed by atoms with Crippen LogP contribution in [0.25, 0.3) is 0 Å². The van der Waals surface area contributed by atoms with Crippen LogP contribution in [-0.4, -0.2) is 37.0 Å². The predicted molar refractivity (Wildman–Crippen MR) is 69.5 cm³/mol. The molecule has 0 saturated heterocycles. The summed E-state index contributed by atoms with van der Waals surface area (Å²) in [7, 11) is 0. The molecule has 0 spiro atoms. The predicted octanol–water partition coefficient (Wildman–Crippen LogP) is 1.80. The molecule has 0 radical (unpaired) electrons. The van der Waals surface area contributed by atoms with E-state index in [9.17, 15) is 31.9 Å². The average molecular weight is 336 g/mol. The highest BCUT2D eigenvalue weighted by Crippen LogP contribution is 2.20. The minimum atomic E-state index is -4.61. The molecule has 0 aliphatic heterocycles. The number of hydrogen-bond donors (Lipinski definition) is 2. The second kappa shape index (κ2) is 7.56. The van der Waals surface area contributed by atoms with Crippen LogP contribution in [0.2, 0.25) is 0 Å². The van der Waals surface area contributed by atoms with Gasteiger partial charge in [0.2, 0.25) is 0 Å². The van der Waals surface area contributed by atoms with E-state index in [0.29, 0.717) is 0 Å². The van der Waals surface area contributed by atoms with Crippen LogP contribution in [0, 0.1) is 5.82 Å². The average Bonchev–Trinajstić information content (AvgIpc) is 2.43. The van der Waals surface area contributed by atoms with Crippen molar-refractivity contribution in [1.29, 1.82) is 0 Å². The van der Waals surface area contributed by atoms with Crippen molar-refractivity contribution in [2.45, 2.75) is 13.1 Å². The van der Waals surface area contributed by atoms with E-state index in [4.69, 9.17) is 4.74 Å². The monoisotopic (exact) mass is 336 g/mol. The van der Waals surface area contributed by atoms with Crippen molar-refractivity contribution >= 4 is 17.7 Å². The van der Waals surface area contributed by atoms with Gasteiger partial charge in [-0.2, -0.15) is 13.2 Å². The van der Waals surface area contributed by atoms with E-state index < -0.39 is 42.9 Å². The van der Waals surface area contributed by atoms with Crippen molar-refractivity contribution in [3.63, 3.8) is 0 Å². The maximum atomic E-state index is 13.0. The molecule has 0 aliphatic carbocycles. The first kappa shape index (κ1) is 18.4. The Morgan fingerprint density at radius 3 is 2.43 bits per heavy atom. The van der Waals surface area contributed by atoms with E-state index >= 15 is 0 Å². The molecule has 10 heteroatoms. The van der Waals surface area contributed by atoms with Crippen molar-refractivity contribution in [1.82, 2.24) is 10.6 Å². The van der Waals surface area contributed by atoms with E-state index in [1.54, 1.807) is 5.32 Å². The Morgan fingerprint density at radius 2 is 1.87 bits per heavy atom. The molecule has 0 heterocycles. The molecule has 0 aliphatic rings. The largest absolute Gasteiger partial charge is 0.483 e. The third kappa shape index (κ3) is 6.76. The number of ketones is 1. The maximum absolute atomic E-state index is 13.0. The SMILES string of the molecule is CC(=O)c1cc(F)ccc1OCC(=O)NC(=O)NCC(F)(F)F. The van der Waals surface area contributed by atoms with Crippen LogP contribution in [0.3, 0.4) is 0 Å². The number of rotatable bonds is 5. The number of benzene rings is 1. The summed E-state index contributed by atoms with van der Waals surface area (Å²) >= 11 is 0. The number of Topliss-reactive ketones (excluding diaryl/α,β-unsaturated/α-hetero) is 1. The number of urea groups is 1. The molecule has 0 fully saturated rings. The Balaban J connectivity index is 2.54. The number of hydrogen-bond acceptors (Lipinski definition) is 4. The quantitative estimate of drug-likeness (QED) is 0.634. The van der Waals surface area contributed by atoms with Crippen LogP contribution in [0.15, 0.2) is 18.2 Å². The highest BCUT2D eigenvalue weighted by Gasteiger charge is 2.28. The fourth-order valence-corrected chi connectivity index (χ4v) is 1.43. The van der Waals surface area contributed by atoms with Crippen LogP contribution in [0.5, 0.6) is 5.75 Å². The first-order chi connectivity index (χ1) is 10.6. The Bertz CT molecular complexity index is 616. The molecule has 1 aromatic rings. The molecule has 6 nitrogen and oxygen atoms in total. The maximum Gasteiger partial charge on any atom is 0.405 e. The summed E-state index contributed by atoms with van der Waals surface area (Å²) in [4.78, 5) is 33.7. The van der Waals surface area contributed by atoms with E-state index in [-0.39, 0.29) is 11.3 Å². The Labute approximate surface area is 127 Å². The third-order valence-corrected chi connectivity index (χ3v) is 2.38. The van der Waals surface area contributed by atoms with Gasteiger partial charge in [-0.25, -0.2) is 9.18 Å². The number of ether oxygens (including phenoxy) is 1. The number of amides is 3. The van der Waals surface area contributed by atoms with Crippen molar-refractivity contribution in [3.8, 4) is 5.75 Å². The van der Waals surface area contributed by atoms with Crippen LogP contribution in [0.4, 0.5) is 22.4 Å². The smallest absolute Gasteiger partial charge is 0.405 e. The van der Waals surface area contributed by atoms with Gasteiger partial charge in [-0.1, -0.05) is 0 Å². The summed E-state index contributed by atoms with van der Waals surface area (Å²) < 4.78 is 53.6. The Morgan fingerprint density at radius 1 is 1.22 bits per heavy atom. The number of halogens is 4. The molecule has 3 amide bonds. The molecule has 0 aromatic heterocycles. The van der Waals surface area contributed by atoms with Gasteiger partial charge in [0.05, 0.1) is 5.56 Å². The molecule has 1 rings (SSSR count). The summed E-state index contributed by atoms with van der Waals surface area (Å²) in [5.74, 6) is -2.32. The third-order valence-electron chi connectivity index (χ3n) is 2.38. The summed E-state index contributed by atoms with van der Waals surface area (Å²) in [6.45, 7) is -1.18. The zero-order chi connectivity index (χ0) is 17.6. The molecule has 1 aromatic carbocycles. The Hall–Kier alpha value is -2.65. The van der Waals surface area contributed by atoms with Gasteiger partial charge >= 0.3 is 12.2 Å². The van der Waals surface area contributed by atoms with Gasteiger partial charge in [-0.15, -0.1) is 0 Å². The first-order valence-corrected chi connectivity index (χ1v) is 6.16. The van der Waals surface area contributed by atoms with E-state index in [0.717, 1.165) is 25.1 Å². The normalized spacial score (nSPS) is 10.8. The van der Waals surface area contributed by atoms with E-state index in [1.807, 2.05) is 0 Å². The minimum absolute atomic E-state index is 0.0928. The number of imide groups is 1. The molecule has 126 valence electrons. The molecular formula is C13H12F4N2O4. The van der Waals surface area contributed by atoms with Crippen molar-refractivity contribution in [3.05, 3.63) is 29.6 Å². The number of carbonyl (C=O) groups is 3. The standard InChI is InChI=1S/C13H12F4N2O4/c1-7(20)9-4-8(14)2-3-10(9)23-5-11(21)19-12(22)18-6-13(15,16)17/h2-4H,5-6H2,1H3,(H2,18,19,21,22). The zero-order valence-electron chi connectivity index (χ0n) is 11.8. The fraction of sp³-hybridized carbons (Fsp3) is 0.308. The highest BCUT2D eigenvalue weighted by molar-refractivity contribution is 5.97. The van der Waals surface area contributed by atoms with Crippen LogP contribution < -0.4 is 15.4 Å². The Kier molecular flexibility index (Phi) is 6.05. The lowest BCUT2D eigenvalue weighted by Gasteiger charge is -2.11. The van der Waals surface area contributed by atoms with Gasteiger partial charge in [0.1, 0.15) is 18.1 Å². The van der Waals surface area contributed by atoms with Crippen LogP contribution in [0.1, 0.15) is 17.3 Å². The van der Waals surface area contributed by atoms with Gasteiger partial charge < -0.3 is 10.1 Å². The molecule has 2 N–H and O–H groups in total. The van der Waals surface area contributed by atoms with Gasteiger partial charge in [0.15, 0.2) is 12.4 Å². The summed E-state index contributed by atoms with van der Waals surface area (Å²) in [6, 6.07) is 1.67. The summed E-state index contributed by atoms with van der Waals surface area (Å²) in [6.07, 6.45) is -4.61. The van der Waals surface area contributed by atoms with E-state index in [1.165, 1.54) is 5.32 Å². The molecule has 0 atom stereocenters. The molecule has 23 heavy (non-hydrogen) atoms. The topological polar surface area (TPSA) is 84.5 Å². The molecule has 0 saturated carbocycles. The van der Waals surface area contributed by atoms with Gasteiger partial charge in [-0.05, 0) is 25.1 Å². The van der Waals surface area contributed by atoms with Crippen molar-refractivity contribution in [2.24, 2.45) is 0 Å². The lowest BCUT2D eigenvalue weighted by atomic mass is 10.1. The van der Waals surface area contributed by atoms with Gasteiger partial charge in [0, 0.05) is 0 Å². The van der Waals surface area contributed by atoms with Crippen LogP contribution >= 0.6 is 0 Å². The lowest BCUT2D eigenvalue weighted by Crippen LogP contribution is -2.44. The number of carbonyl (C=O) groups excluding carboxylic acids is 3. The second-order valence-corrected chi connectivity index (χ2v) is 4.33. The van der Waals surface area contributed by atoms with Crippen molar-refractivity contribution in [2.75, 3.05) is 13.2 Å². The molecule has 0 unspecified atom stereocenters. The summed E-state index contributed by atoms with van der Waals surface area (Å²) in [5, 5.41) is 3.04. The minimum Gasteiger partial charge on any atom is -0.483 e. The lowest BCUT2D eigenvalue weighted by molar-refractivity contribution is -0.125. The molecular weight excluding hydrogens is 324 g/mol. The van der Waals surface area contributed by atoms with Crippen molar-refractivity contribution < 1.29 is 36.7 Å². The van der Waals surface area contributed by atoms with Crippen LogP contribution in [-0.2, 0) is 4.79 Å². The van der Waals surface area contributed by atoms with Gasteiger partial charge in [0.25, 0.3) is 5.91 Å². The van der Waals surface area contributed by atoms with Gasteiger partial charge in [-0.3, -0.25) is 14.9 Å². The molecule has 0 bridgehead atoms. The highest BCUT2D eigenvalue weighted by atomic mass is 19.4. The summed E-state index contributed by atoms with van der Waals surface area (Å²) in [5.41, 5.74) is -0.112.